The van der Waals surface area contributed by atoms with E-state index in [1.54, 1.807) is 4.90 Å². The molecule has 2 saturated heterocycles. The molecule has 132 valence electrons. The summed E-state index contributed by atoms with van der Waals surface area (Å²) in [5.74, 6) is -0.593. The fourth-order valence-corrected chi connectivity index (χ4v) is 3.19. The van der Waals surface area contributed by atoms with Gasteiger partial charge in [0.25, 0.3) is 0 Å². The Morgan fingerprint density at radius 1 is 1.25 bits per heavy atom. The van der Waals surface area contributed by atoms with Crippen molar-refractivity contribution in [2.75, 3.05) is 32.8 Å². The van der Waals surface area contributed by atoms with E-state index in [9.17, 15) is 14.0 Å². The van der Waals surface area contributed by atoms with Gasteiger partial charge in [0.05, 0.1) is 13.2 Å². The van der Waals surface area contributed by atoms with E-state index in [0.29, 0.717) is 38.4 Å². The lowest BCUT2D eigenvalue weighted by Gasteiger charge is -2.35. The molecule has 0 radical (unpaired) electrons. The van der Waals surface area contributed by atoms with Gasteiger partial charge < -0.3 is 15.0 Å². The monoisotopic (exact) mass is 356 g/mol. The van der Waals surface area contributed by atoms with Crippen molar-refractivity contribution >= 4 is 24.1 Å². The summed E-state index contributed by atoms with van der Waals surface area (Å²) in [6, 6.07) is 5.29. The van der Waals surface area contributed by atoms with Crippen LogP contribution in [0.1, 0.15) is 23.2 Å². The zero-order valence-electron chi connectivity index (χ0n) is 13.4. The highest BCUT2D eigenvalue weighted by molar-refractivity contribution is 5.98. The molecule has 0 bridgehead atoms. The fourth-order valence-electron chi connectivity index (χ4n) is 3.19. The van der Waals surface area contributed by atoms with E-state index in [1.807, 2.05) is 0 Å². The number of ether oxygens (including phenoxy) is 1. The van der Waals surface area contributed by atoms with Gasteiger partial charge in [-0.25, -0.2) is 4.39 Å². The molecule has 5 nitrogen and oxygen atoms in total. The van der Waals surface area contributed by atoms with Crippen LogP contribution in [0, 0.1) is 11.7 Å². The second kappa shape index (κ2) is 8.55. The zero-order valence-corrected chi connectivity index (χ0v) is 14.2. The average Bonchev–Trinajstić information content (AvgIpc) is 2.62. The van der Waals surface area contributed by atoms with Gasteiger partial charge in [-0.2, -0.15) is 0 Å². The van der Waals surface area contributed by atoms with Crippen molar-refractivity contribution < 1.29 is 18.7 Å². The molecule has 2 aliphatic heterocycles. The first kappa shape index (κ1) is 18.8. The van der Waals surface area contributed by atoms with Gasteiger partial charge in [0.2, 0.25) is 5.91 Å². The molecule has 2 heterocycles. The lowest BCUT2D eigenvalue weighted by Crippen LogP contribution is -2.55. The van der Waals surface area contributed by atoms with Crippen LogP contribution in [0.2, 0.25) is 0 Å². The number of nitrogens with zero attached hydrogens (tertiary/aromatic N) is 1. The molecular formula is C17H22ClFN2O3. The Morgan fingerprint density at radius 2 is 2.00 bits per heavy atom. The summed E-state index contributed by atoms with van der Waals surface area (Å²) in [7, 11) is 0. The van der Waals surface area contributed by atoms with Crippen LogP contribution in [0.25, 0.3) is 0 Å². The summed E-state index contributed by atoms with van der Waals surface area (Å²) in [5, 5.41) is 3.16. The molecule has 0 aliphatic carbocycles. The highest BCUT2D eigenvalue weighted by atomic mass is 35.5. The van der Waals surface area contributed by atoms with Gasteiger partial charge >= 0.3 is 0 Å². The van der Waals surface area contributed by atoms with Crippen LogP contribution in [0.3, 0.4) is 0 Å². The van der Waals surface area contributed by atoms with Crippen LogP contribution in [-0.2, 0) is 9.53 Å². The maximum atomic E-state index is 13.0. The molecule has 7 heteroatoms. The van der Waals surface area contributed by atoms with Crippen LogP contribution >= 0.6 is 12.4 Å². The molecule has 1 amide bonds. The predicted molar refractivity (Wildman–Crippen MR) is 89.9 cm³/mol. The number of piperidine rings is 1. The first-order valence-corrected chi connectivity index (χ1v) is 8.05. The van der Waals surface area contributed by atoms with Gasteiger partial charge in [-0.15, -0.1) is 12.4 Å². The molecule has 1 N–H and O–H groups in total. The van der Waals surface area contributed by atoms with E-state index in [2.05, 4.69) is 5.32 Å². The maximum absolute atomic E-state index is 13.0. The number of amides is 1. The SMILES string of the molecule is Cl.O=C(c1ccc(F)cc1)C1CCCN(C(=O)C2COCCN2)C1. The second-order valence-corrected chi connectivity index (χ2v) is 6.08. The largest absolute Gasteiger partial charge is 0.378 e. The summed E-state index contributed by atoms with van der Waals surface area (Å²) in [6.45, 7) is 2.76. The minimum atomic E-state index is -0.356. The second-order valence-electron chi connectivity index (χ2n) is 6.08. The standard InChI is InChI=1S/C17H21FN2O3.ClH/c18-14-5-3-12(4-6-14)16(21)13-2-1-8-20(10-13)17(22)15-11-23-9-7-19-15;/h3-6,13,15,19H,1-2,7-11H2;1H. The first-order valence-electron chi connectivity index (χ1n) is 8.05. The zero-order chi connectivity index (χ0) is 16.2. The van der Waals surface area contributed by atoms with Crippen molar-refractivity contribution in [1.82, 2.24) is 10.2 Å². The molecule has 0 spiro atoms. The maximum Gasteiger partial charge on any atom is 0.242 e. The minimum Gasteiger partial charge on any atom is -0.378 e. The van der Waals surface area contributed by atoms with E-state index >= 15 is 0 Å². The summed E-state index contributed by atoms with van der Waals surface area (Å²) in [6.07, 6.45) is 1.56. The van der Waals surface area contributed by atoms with E-state index in [-0.39, 0.29) is 41.9 Å². The molecule has 2 atom stereocenters. The van der Waals surface area contributed by atoms with Crippen molar-refractivity contribution in [3.8, 4) is 0 Å². The number of Topliss-reactive ketones (excluding diaryl/α,β-unsaturated/α-hetero) is 1. The molecule has 0 saturated carbocycles. The molecule has 1 aromatic rings. The average molecular weight is 357 g/mol. The predicted octanol–water partition coefficient (Wildman–Crippen LogP) is 1.66. The Labute approximate surface area is 146 Å². The van der Waals surface area contributed by atoms with Gasteiger partial charge in [0.1, 0.15) is 11.9 Å². The number of ketones is 1. The summed E-state index contributed by atoms with van der Waals surface area (Å²) < 4.78 is 18.3. The highest BCUT2D eigenvalue weighted by Gasteiger charge is 2.32. The van der Waals surface area contributed by atoms with E-state index in [4.69, 9.17) is 4.74 Å². The smallest absolute Gasteiger partial charge is 0.242 e. The number of hydrogen-bond acceptors (Lipinski definition) is 4. The molecule has 2 unspecified atom stereocenters. The molecule has 2 aliphatic rings. The van der Waals surface area contributed by atoms with Crippen LogP contribution in [0.15, 0.2) is 24.3 Å². The molecule has 3 rings (SSSR count). The lowest BCUT2D eigenvalue weighted by molar-refractivity contribution is -0.137. The Kier molecular flexibility index (Phi) is 6.71. The number of likely N-dealkylation sites (tertiary alicyclic amines) is 1. The molecule has 0 aromatic heterocycles. The third kappa shape index (κ3) is 4.32. The van der Waals surface area contributed by atoms with Crippen LogP contribution in [0.4, 0.5) is 4.39 Å². The van der Waals surface area contributed by atoms with Gasteiger partial charge in [-0.05, 0) is 37.1 Å². The van der Waals surface area contributed by atoms with Crippen LogP contribution in [-0.4, -0.2) is 55.5 Å². The number of benzene rings is 1. The van der Waals surface area contributed by atoms with Gasteiger partial charge in [-0.1, -0.05) is 0 Å². The Morgan fingerprint density at radius 3 is 2.67 bits per heavy atom. The fraction of sp³-hybridized carbons (Fsp3) is 0.529. The number of carbonyl (C=O) groups excluding carboxylic acids is 2. The summed E-state index contributed by atoms with van der Waals surface area (Å²) in [5.41, 5.74) is 0.504. The van der Waals surface area contributed by atoms with Gasteiger partial charge in [0, 0.05) is 31.1 Å². The molecule has 2 fully saturated rings. The third-order valence-electron chi connectivity index (χ3n) is 4.45. The molecule has 1 aromatic carbocycles. The summed E-state index contributed by atoms with van der Waals surface area (Å²) in [4.78, 5) is 26.8. The normalized spacial score (nSPS) is 24.1. The van der Waals surface area contributed by atoms with Crippen LogP contribution < -0.4 is 5.32 Å². The third-order valence-corrected chi connectivity index (χ3v) is 4.45. The number of rotatable bonds is 3. The van der Waals surface area contributed by atoms with E-state index in [0.717, 1.165) is 12.8 Å². The quantitative estimate of drug-likeness (QED) is 0.837. The lowest BCUT2D eigenvalue weighted by atomic mass is 9.89. The molecular weight excluding hydrogens is 335 g/mol. The first-order chi connectivity index (χ1) is 11.1. The highest BCUT2D eigenvalue weighted by Crippen LogP contribution is 2.22. The van der Waals surface area contributed by atoms with Gasteiger partial charge in [0.15, 0.2) is 5.78 Å². The van der Waals surface area contributed by atoms with Crippen molar-refractivity contribution in [1.29, 1.82) is 0 Å². The van der Waals surface area contributed by atoms with E-state index in [1.165, 1.54) is 24.3 Å². The number of carbonyl (C=O) groups is 2. The van der Waals surface area contributed by atoms with Crippen molar-refractivity contribution in [3.05, 3.63) is 35.6 Å². The molecule has 24 heavy (non-hydrogen) atoms. The van der Waals surface area contributed by atoms with E-state index < -0.39 is 0 Å². The van der Waals surface area contributed by atoms with Crippen molar-refractivity contribution in [2.24, 2.45) is 5.92 Å². The number of hydrogen-bond donors (Lipinski definition) is 1. The minimum absolute atomic E-state index is 0. The van der Waals surface area contributed by atoms with Crippen LogP contribution in [0.5, 0.6) is 0 Å². The summed E-state index contributed by atoms with van der Waals surface area (Å²) >= 11 is 0. The number of halogens is 2. The topological polar surface area (TPSA) is 58.6 Å². The van der Waals surface area contributed by atoms with Gasteiger partial charge in [-0.3, -0.25) is 9.59 Å². The Hall–Kier alpha value is -1.50. The Bertz CT molecular complexity index is 576. The van der Waals surface area contributed by atoms with Crippen molar-refractivity contribution in [3.63, 3.8) is 0 Å². The number of nitrogens with one attached hydrogen (secondary N) is 1. The number of morpholine rings is 1. The Balaban J connectivity index is 0.00000208. The van der Waals surface area contributed by atoms with Crippen molar-refractivity contribution in [2.45, 2.75) is 18.9 Å².